The summed E-state index contributed by atoms with van der Waals surface area (Å²) in [5, 5.41) is 12.4. The SMILES string of the molecule is Cc1ccc(Nc2ccc(N)cc2C(=O)O)cc1N(C)C. The molecule has 5 nitrogen and oxygen atoms in total. The van der Waals surface area contributed by atoms with E-state index in [4.69, 9.17) is 5.73 Å². The lowest BCUT2D eigenvalue weighted by Gasteiger charge is -2.18. The minimum Gasteiger partial charge on any atom is -0.478 e. The fourth-order valence-corrected chi connectivity index (χ4v) is 2.17. The predicted octanol–water partition coefficient (Wildman–Crippen LogP) is 3.09. The van der Waals surface area contributed by atoms with Crippen LogP contribution in [0.25, 0.3) is 0 Å². The van der Waals surface area contributed by atoms with Gasteiger partial charge in [0.1, 0.15) is 0 Å². The normalized spacial score (nSPS) is 10.2. The number of nitrogen functional groups attached to an aromatic ring is 1. The third-order valence-electron chi connectivity index (χ3n) is 3.24. The number of nitrogens with two attached hydrogens (primary N) is 1. The molecule has 4 N–H and O–H groups in total. The molecule has 0 atom stereocenters. The summed E-state index contributed by atoms with van der Waals surface area (Å²) in [6.45, 7) is 2.03. The molecule has 0 heterocycles. The molecule has 5 heteroatoms. The van der Waals surface area contributed by atoms with Crippen LogP contribution < -0.4 is 16.0 Å². The number of hydrogen-bond acceptors (Lipinski definition) is 4. The van der Waals surface area contributed by atoms with E-state index in [1.165, 1.54) is 6.07 Å². The maximum absolute atomic E-state index is 11.3. The first-order valence-corrected chi connectivity index (χ1v) is 6.56. The first-order chi connectivity index (χ1) is 9.88. The van der Waals surface area contributed by atoms with Gasteiger partial charge in [-0.05, 0) is 42.8 Å². The maximum atomic E-state index is 11.3. The van der Waals surface area contributed by atoms with E-state index in [1.54, 1.807) is 12.1 Å². The molecule has 0 amide bonds. The highest BCUT2D eigenvalue weighted by Crippen LogP contribution is 2.27. The van der Waals surface area contributed by atoms with Crippen LogP contribution in [0.1, 0.15) is 15.9 Å². The van der Waals surface area contributed by atoms with Gasteiger partial charge in [-0.15, -0.1) is 0 Å². The second-order valence-electron chi connectivity index (χ2n) is 5.13. The van der Waals surface area contributed by atoms with Crippen molar-refractivity contribution in [3.05, 3.63) is 47.5 Å². The van der Waals surface area contributed by atoms with Crippen molar-refractivity contribution in [3.8, 4) is 0 Å². The van der Waals surface area contributed by atoms with Crippen molar-refractivity contribution < 1.29 is 9.90 Å². The Morgan fingerprint density at radius 2 is 1.90 bits per heavy atom. The molecule has 0 fully saturated rings. The van der Waals surface area contributed by atoms with Crippen LogP contribution in [0.2, 0.25) is 0 Å². The van der Waals surface area contributed by atoms with Crippen LogP contribution >= 0.6 is 0 Å². The van der Waals surface area contributed by atoms with Crippen LogP contribution in [0.4, 0.5) is 22.7 Å². The predicted molar refractivity (Wildman–Crippen MR) is 86.6 cm³/mol. The molecule has 0 aliphatic carbocycles. The minimum atomic E-state index is -1.01. The van der Waals surface area contributed by atoms with Gasteiger partial charge in [0.15, 0.2) is 0 Å². The lowest BCUT2D eigenvalue weighted by Crippen LogP contribution is -2.10. The molecular weight excluding hydrogens is 266 g/mol. The van der Waals surface area contributed by atoms with E-state index in [0.717, 1.165) is 16.9 Å². The minimum absolute atomic E-state index is 0.155. The van der Waals surface area contributed by atoms with Crippen molar-refractivity contribution in [2.45, 2.75) is 6.92 Å². The number of hydrogen-bond donors (Lipinski definition) is 3. The van der Waals surface area contributed by atoms with E-state index in [-0.39, 0.29) is 5.56 Å². The Balaban J connectivity index is 2.39. The molecule has 0 saturated carbocycles. The molecule has 0 bridgehead atoms. The number of carbonyl (C=O) groups is 1. The van der Waals surface area contributed by atoms with Crippen molar-refractivity contribution in [3.63, 3.8) is 0 Å². The third kappa shape index (κ3) is 3.25. The molecule has 0 radical (unpaired) electrons. The Kier molecular flexibility index (Phi) is 4.03. The second-order valence-corrected chi connectivity index (χ2v) is 5.13. The zero-order valence-corrected chi connectivity index (χ0v) is 12.3. The first kappa shape index (κ1) is 14.7. The molecule has 0 aliphatic rings. The summed E-state index contributed by atoms with van der Waals surface area (Å²) in [5.41, 5.74) is 9.81. The Bertz CT molecular complexity index is 681. The summed E-state index contributed by atoms with van der Waals surface area (Å²) < 4.78 is 0. The van der Waals surface area contributed by atoms with Crippen LogP contribution in [0, 0.1) is 6.92 Å². The van der Waals surface area contributed by atoms with Gasteiger partial charge in [0.25, 0.3) is 0 Å². The molecule has 2 aromatic carbocycles. The van der Waals surface area contributed by atoms with Crippen LogP contribution in [0.15, 0.2) is 36.4 Å². The summed E-state index contributed by atoms with van der Waals surface area (Å²) in [4.78, 5) is 13.3. The number of nitrogens with one attached hydrogen (secondary N) is 1. The van der Waals surface area contributed by atoms with Gasteiger partial charge < -0.3 is 21.1 Å². The molecule has 0 spiro atoms. The quantitative estimate of drug-likeness (QED) is 0.752. The number of carboxylic acids is 1. The number of aromatic carboxylic acids is 1. The highest BCUT2D eigenvalue weighted by molar-refractivity contribution is 5.96. The smallest absolute Gasteiger partial charge is 0.337 e. The fourth-order valence-electron chi connectivity index (χ4n) is 2.17. The van der Waals surface area contributed by atoms with E-state index in [2.05, 4.69) is 5.32 Å². The van der Waals surface area contributed by atoms with E-state index in [1.807, 2.05) is 44.1 Å². The molecule has 0 saturated heterocycles. The number of nitrogens with zero attached hydrogens (tertiary/aromatic N) is 1. The molecule has 110 valence electrons. The van der Waals surface area contributed by atoms with Crippen LogP contribution in [0.3, 0.4) is 0 Å². The third-order valence-corrected chi connectivity index (χ3v) is 3.24. The van der Waals surface area contributed by atoms with Crippen molar-refractivity contribution in [2.24, 2.45) is 0 Å². The number of carboxylic acid groups (broad SMARTS) is 1. The van der Waals surface area contributed by atoms with Gasteiger partial charge in [-0.3, -0.25) is 0 Å². The zero-order valence-electron chi connectivity index (χ0n) is 12.3. The molecule has 0 aliphatic heterocycles. The second kappa shape index (κ2) is 5.75. The van der Waals surface area contributed by atoms with Crippen LogP contribution in [-0.4, -0.2) is 25.2 Å². The highest BCUT2D eigenvalue weighted by atomic mass is 16.4. The lowest BCUT2D eigenvalue weighted by molar-refractivity contribution is 0.0698. The number of aryl methyl sites for hydroxylation is 1. The van der Waals surface area contributed by atoms with Gasteiger partial charge in [0.05, 0.1) is 11.3 Å². The topological polar surface area (TPSA) is 78.6 Å². The van der Waals surface area contributed by atoms with Gasteiger partial charge in [-0.2, -0.15) is 0 Å². The zero-order chi connectivity index (χ0) is 15.6. The Hall–Kier alpha value is -2.69. The summed E-state index contributed by atoms with van der Waals surface area (Å²) in [6, 6.07) is 10.7. The van der Waals surface area contributed by atoms with E-state index >= 15 is 0 Å². The molecule has 2 rings (SSSR count). The Labute approximate surface area is 124 Å². The summed E-state index contributed by atoms with van der Waals surface area (Å²) >= 11 is 0. The molecular formula is C16H19N3O2. The van der Waals surface area contributed by atoms with Gasteiger partial charge in [0, 0.05) is 31.2 Å². The molecule has 0 unspecified atom stereocenters. The van der Waals surface area contributed by atoms with Crippen molar-refractivity contribution in [1.29, 1.82) is 0 Å². The van der Waals surface area contributed by atoms with Gasteiger partial charge in [-0.1, -0.05) is 6.07 Å². The van der Waals surface area contributed by atoms with Crippen molar-refractivity contribution >= 4 is 28.7 Å². The average molecular weight is 285 g/mol. The standard InChI is InChI=1S/C16H19N3O2/c1-10-4-6-12(9-15(10)19(2)3)18-14-7-5-11(17)8-13(14)16(20)21/h4-9,18H,17H2,1-3H3,(H,20,21). The van der Waals surface area contributed by atoms with Crippen LogP contribution in [0.5, 0.6) is 0 Å². The monoisotopic (exact) mass is 285 g/mol. The van der Waals surface area contributed by atoms with Crippen LogP contribution in [-0.2, 0) is 0 Å². The maximum Gasteiger partial charge on any atom is 0.337 e. The number of benzene rings is 2. The lowest BCUT2D eigenvalue weighted by atomic mass is 10.1. The largest absolute Gasteiger partial charge is 0.478 e. The number of anilines is 4. The number of rotatable bonds is 4. The van der Waals surface area contributed by atoms with Gasteiger partial charge in [0.2, 0.25) is 0 Å². The van der Waals surface area contributed by atoms with Gasteiger partial charge in [-0.25, -0.2) is 4.79 Å². The summed E-state index contributed by atoms with van der Waals surface area (Å²) in [7, 11) is 3.94. The summed E-state index contributed by atoms with van der Waals surface area (Å²) in [5.74, 6) is -1.01. The molecule has 2 aromatic rings. The van der Waals surface area contributed by atoms with Crippen molar-refractivity contribution in [1.82, 2.24) is 0 Å². The Morgan fingerprint density at radius 3 is 2.52 bits per heavy atom. The first-order valence-electron chi connectivity index (χ1n) is 6.56. The highest BCUT2D eigenvalue weighted by Gasteiger charge is 2.11. The summed E-state index contributed by atoms with van der Waals surface area (Å²) in [6.07, 6.45) is 0. The van der Waals surface area contributed by atoms with E-state index in [9.17, 15) is 9.90 Å². The average Bonchev–Trinajstić information content (AvgIpc) is 2.42. The molecule has 21 heavy (non-hydrogen) atoms. The Morgan fingerprint density at radius 1 is 1.19 bits per heavy atom. The van der Waals surface area contributed by atoms with E-state index in [0.29, 0.717) is 11.4 Å². The van der Waals surface area contributed by atoms with Crippen molar-refractivity contribution in [2.75, 3.05) is 30.0 Å². The molecule has 0 aromatic heterocycles. The fraction of sp³-hybridized carbons (Fsp3) is 0.188. The van der Waals surface area contributed by atoms with E-state index < -0.39 is 5.97 Å². The van der Waals surface area contributed by atoms with Gasteiger partial charge >= 0.3 is 5.97 Å².